The van der Waals surface area contributed by atoms with Crippen molar-refractivity contribution in [1.29, 1.82) is 0 Å². The van der Waals surface area contributed by atoms with Crippen molar-refractivity contribution in [3.8, 4) is 0 Å². The zero-order valence-corrected chi connectivity index (χ0v) is 11.9. The van der Waals surface area contributed by atoms with Crippen LogP contribution in [-0.4, -0.2) is 56.3 Å². The summed E-state index contributed by atoms with van der Waals surface area (Å²) in [4.78, 5) is 14.6. The van der Waals surface area contributed by atoms with Gasteiger partial charge in [-0.3, -0.25) is 4.79 Å². The van der Waals surface area contributed by atoms with Crippen LogP contribution in [0.25, 0.3) is 0 Å². The second-order valence-electron chi connectivity index (χ2n) is 4.58. The highest BCUT2D eigenvalue weighted by molar-refractivity contribution is 7.80. The van der Waals surface area contributed by atoms with Crippen LogP contribution in [0.15, 0.2) is 0 Å². The number of rotatable bonds is 8. The highest BCUT2D eigenvalue weighted by atomic mass is 32.1. The van der Waals surface area contributed by atoms with Gasteiger partial charge in [0.15, 0.2) is 0 Å². The molecule has 0 spiro atoms. The van der Waals surface area contributed by atoms with E-state index in [9.17, 15) is 4.79 Å². The molecular weight excluding hydrogens is 252 g/mol. The molecule has 1 fully saturated rings. The minimum Gasteiger partial charge on any atom is -0.392 e. The van der Waals surface area contributed by atoms with E-state index in [4.69, 9.17) is 27.4 Å². The van der Waals surface area contributed by atoms with Crippen molar-refractivity contribution >= 4 is 23.1 Å². The van der Waals surface area contributed by atoms with Gasteiger partial charge in [0.1, 0.15) is 0 Å². The van der Waals surface area contributed by atoms with Crippen LogP contribution in [-0.2, 0) is 14.3 Å². The zero-order valence-electron chi connectivity index (χ0n) is 11.1. The van der Waals surface area contributed by atoms with Crippen molar-refractivity contribution in [2.24, 2.45) is 11.1 Å². The van der Waals surface area contributed by atoms with Gasteiger partial charge in [-0.25, -0.2) is 0 Å². The molecule has 0 aromatic carbocycles. The largest absolute Gasteiger partial charge is 0.392 e. The molecule has 0 aliphatic heterocycles. The van der Waals surface area contributed by atoms with E-state index in [0.29, 0.717) is 31.3 Å². The van der Waals surface area contributed by atoms with Crippen LogP contribution in [0.2, 0.25) is 0 Å². The number of amides is 1. The standard InChI is InChI=1S/C12H22N2O3S/c1-16-8-6-14(7-9-17-2)11(15)12(10(13)18)4-3-5-12/h3-9H2,1-2H3,(H2,13,18). The van der Waals surface area contributed by atoms with Crippen LogP contribution in [0.4, 0.5) is 0 Å². The van der Waals surface area contributed by atoms with Gasteiger partial charge in [-0.05, 0) is 12.8 Å². The minimum atomic E-state index is -0.614. The average Bonchev–Trinajstić information content (AvgIpc) is 2.27. The molecule has 1 aliphatic carbocycles. The Balaban J connectivity index is 2.70. The van der Waals surface area contributed by atoms with Gasteiger partial charge in [-0.2, -0.15) is 0 Å². The van der Waals surface area contributed by atoms with Crippen molar-refractivity contribution in [1.82, 2.24) is 4.90 Å². The molecule has 1 amide bonds. The maximum Gasteiger partial charge on any atom is 0.235 e. The van der Waals surface area contributed by atoms with Crippen LogP contribution in [0.1, 0.15) is 19.3 Å². The number of thiocarbonyl (C=S) groups is 1. The molecule has 0 radical (unpaired) electrons. The molecule has 1 aliphatic rings. The smallest absolute Gasteiger partial charge is 0.235 e. The number of carbonyl (C=O) groups is 1. The molecule has 6 heteroatoms. The topological polar surface area (TPSA) is 64.8 Å². The Morgan fingerprint density at radius 3 is 2.06 bits per heavy atom. The van der Waals surface area contributed by atoms with E-state index in [1.54, 1.807) is 19.1 Å². The van der Waals surface area contributed by atoms with Crippen molar-refractivity contribution in [2.45, 2.75) is 19.3 Å². The second kappa shape index (κ2) is 7.01. The first-order chi connectivity index (χ1) is 8.58. The highest BCUT2D eigenvalue weighted by Gasteiger charge is 2.48. The lowest BCUT2D eigenvalue weighted by Gasteiger charge is -2.42. The highest BCUT2D eigenvalue weighted by Crippen LogP contribution is 2.42. The van der Waals surface area contributed by atoms with Crippen molar-refractivity contribution < 1.29 is 14.3 Å². The van der Waals surface area contributed by atoms with Crippen molar-refractivity contribution in [3.05, 3.63) is 0 Å². The van der Waals surface area contributed by atoms with Gasteiger partial charge in [0.05, 0.1) is 23.6 Å². The number of ether oxygens (including phenoxy) is 2. The Hall–Kier alpha value is -0.720. The van der Waals surface area contributed by atoms with E-state index in [1.807, 2.05) is 0 Å². The van der Waals surface area contributed by atoms with Gasteiger partial charge in [0.2, 0.25) is 5.91 Å². The normalized spacial score (nSPS) is 17.0. The second-order valence-corrected chi connectivity index (χ2v) is 5.02. The zero-order chi connectivity index (χ0) is 13.6. The number of carbonyl (C=O) groups excluding carboxylic acids is 1. The lowest BCUT2D eigenvalue weighted by Crippen LogP contribution is -2.55. The lowest BCUT2D eigenvalue weighted by atomic mass is 9.67. The predicted molar refractivity (Wildman–Crippen MR) is 73.4 cm³/mol. The monoisotopic (exact) mass is 274 g/mol. The van der Waals surface area contributed by atoms with Gasteiger partial charge in [-0.1, -0.05) is 18.6 Å². The van der Waals surface area contributed by atoms with Crippen LogP contribution >= 0.6 is 12.2 Å². The van der Waals surface area contributed by atoms with Gasteiger partial charge in [0.25, 0.3) is 0 Å². The van der Waals surface area contributed by atoms with E-state index < -0.39 is 5.41 Å². The molecule has 1 saturated carbocycles. The molecular formula is C12H22N2O3S. The number of nitrogens with zero attached hydrogens (tertiary/aromatic N) is 1. The lowest BCUT2D eigenvalue weighted by molar-refractivity contribution is -0.143. The molecule has 1 rings (SSSR count). The van der Waals surface area contributed by atoms with E-state index in [0.717, 1.165) is 19.3 Å². The first-order valence-corrected chi connectivity index (χ1v) is 6.56. The fourth-order valence-corrected chi connectivity index (χ4v) is 2.41. The maximum absolute atomic E-state index is 12.5. The molecule has 2 N–H and O–H groups in total. The fourth-order valence-electron chi connectivity index (χ4n) is 2.12. The van der Waals surface area contributed by atoms with Crippen LogP contribution < -0.4 is 5.73 Å². The summed E-state index contributed by atoms with van der Waals surface area (Å²) in [6.07, 6.45) is 2.53. The number of methoxy groups -OCH3 is 2. The Bertz CT molecular complexity index is 298. The third-order valence-corrected chi connectivity index (χ3v) is 3.90. The molecule has 0 bridgehead atoms. The fraction of sp³-hybridized carbons (Fsp3) is 0.833. The number of hydrogen-bond donors (Lipinski definition) is 1. The van der Waals surface area contributed by atoms with E-state index in [1.165, 1.54) is 0 Å². The van der Waals surface area contributed by atoms with Crippen LogP contribution in [0, 0.1) is 5.41 Å². The first-order valence-electron chi connectivity index (χ1n) is 6.15. The van der Waals surface area contributed by atoms with Gasteiger partial charge in [0, 0.05) is 27.3 Å². The molecule has 0 heterocycles. The summed E-state index contributed by atoms with van der Waals surface area (Å²) >= 11 is 5.07. The summed E-state index contributed by atoms with van der Waals surface area (Å²) in [5, 5.41) is 0. The van der Waals surface area contributed by atoms with Crippen LogP contribution in [0.3, 0.4) is 0 Å². The van der Waals surface area contributed by atoms with E-state index in [2.05, 4.69) is 0 Å². The summed E-state index contributed by atoms with van der Waals surface area (Å²) in [7, 11) is 3.23. The Labute approximate surface area is 114 Å². The van der Waals surface area contributed by atoms with Gasteiger partial charge < -0.3 is 20.1 Å². The molecule has 0 saturated heterocycles. The first kappa shape index (κ1) is 15.3. The quantitative estimate of drug-likeness (QED) is 0.655. The number of nitrogens with two attached hydrogens (primary N) is 1. The SMILES string of the molecule is COCCN(CCOC)C(=O)C1(C(N)=S)CCC1. The molecule has 5 nitrogen and oxygen atoms in total. The summed E-state index contributed by atoms with van der Waals surface area (Å²) in [5.74, 6) is 0.0235. The van der Waals surface area contributed by atoms with Gasteiger partial charge in [-0.15, -0.1) is 0 Å². The molecule has 104 valence electrons. The average molecular weight is 274 g/mol. The minimum absolute atomic E-state index is 0.0235. The third-order valence-electron chi connectivity index (χ3n) is 3.51. The Morgan fingerprint density at radius 2 is 1.78 bits per heavy atom. The molecule has 0 unspecified atom stereocenters. The van der Waals surface area contributed by atoms with Gasteiger partial charge >= 0.3 is 0 Å². The predicted octanol–water partition coefficient (Wildman–Crippen LogP) is 0.564. The summed E-state index contributed by atoms with van der Waals surface area (Å²) in [6.45, 7) is 2.10. The Morgan fingerprint density at radius 1 is 1.28 bits per heavy atom. The van der Waals surface area contributed by atoms with E-state index >= 15 is 0 Å². The van der Waals surface area contributed by atoms with Crippen LogP contribution in [0.5, 0.6) is 0 Å². The third kappa shape index (κ3) is 3.18. The molecule has 0 aromatic heterocycles. The summed E-state index contributed by atoms with van der Waals surface area (Å²) < 4.78 is 10.1. The van der Waals surface area contributed by atoms with Crippen molar-refractivity contribution in [2.75, 3.05) is 40.5 Å². The van der Waals surface area contributed by atoms with Crippen molar-refractivity contribution in [3.63, 3.8) is 0 Å². The summed E-state index contributed by atoms with van der Waals surface area (Å²) in [5.41, 5.74) is 5.14. The summed E-state index contributed by atoms with van der Waals surface area (Å²) in [6, 6.07) is 0. The molecule has 0 aromatic rings. The molecule has 18 heavy (non-hydrogen) atoms. The van der Waals surface area contributed by atoms with E-state index in [-0.39, 0.29) is 5.91 Å². The Kier molecular flexibility index (Phi) is 5.98. The maximum atomic E-state index is 12.5. The number of hydrogen-bond acceptors (Lipinski definition) is 4. The molecule has 0 atom stereocenters.